The highest BCUT2D eigenvalue weighted by Crippen LogP contribution is 2.54. The normalized spacial score (nSPS) is 21.3. The van der Waals surface area contributed by atoms with Crippen LogP contribution in [0.2, 0.25) is 0 Å². The van der Waals surface area contributed by atoms with E-state index in [1.165, 1.54) is 23.1 Å². The summed E-state index contributed by atoms with van der Waals surface area (Å²) in [7, 11) is -4.47. The van der Waals surface area contributed by atoms with Crippen LogP contribution in [0.3, 0.4) is 0 Å². The zero-order valence-electron chi connectivity index (χ0n) is 21.0. The Balaban J connectivity index is 1.82. The second-order valence-electron chi connectivity index (χ2n) is 10.2. The van der Waals surface area contributed by atoms with Gasteiger partial charge >= 0.3 is 18.0 Å². The van der Waals surface area contributed by atoms with Gasteiger partial charge in [-0.2, -0.15) is 31.6 Å². The Morgan fingerprint density at radius 2 is 1.52 bits per heavy atom. The van der Waals surface area contributed by atoms with Crippen molar-refractivity contribution in [3.05, 3.63) is 65.2 Å². The largest absolute Gasteiger partial charge is 0.435 e. The van der Waals surface area contributed by atoms with Crippen LogP contribution in [0.1, 0.15) is 55.2 Å². The number of hydrogen-bond acceptors (Lipinski definition) is 4. The number of carbonyl (C=O) groups excluding carboxylic acids is 1. The molecule has 2 fully saturated rings. The molecule has 1 aliphatic heterocycles. The van der Waals surface area contributed by atoms with Crippen molar-refractivity contribution in [1.29, 1.82) is 5.26 Å². The first-order chi connectivity index (χ1) is 18.6. The van der Waals surface area contributed by atoms with Gasteiger partial charge in [0.25, 0.3) is 0 Å². The van der Waals surface area contributed by atoms with E-state index in [2.05, 4.69) is 0 Å². The van der Waals surface area contributed by atoms with E-state index in [4.69, 9.17) is 0 Å². The molecule has 1 saturated heterocycles. The van der Waals surface area contributed by atoms with Crippen LogP contribution < -0.4 is 0 Å². The second-order valence-corrected chi connectivity index (χ2v) is 12.5. The molecule has 1 aliphatic carbocycles. The van der Waals surface area contributed by atoms with Crippen molar-refractivity contribution >= 4 is 15.7 Å². The first kappa shape index (κ1) is 29.8. The smallest absolute Gasteiger partial charge is 0.340 e. The molecule has 1 atom stereocenters. The number of halogens is 7. The van der Waals surface area contributed by atoms with Crippen molar-refractivity contribution in [3.63, 3.8) is 0 Å². The lowest BCUT2D eigenvalue weighted by Crippen LogP contribution is -2.50. The maximum Gasteiger partial charge on any atom is 0.435 e. The van der Waals surface area contributed by atoms with Gasteiger partial charge in [-0.1, -0.05) is 49.6 Å². The fourth-order valence-corrected chi connectivity index (χ4v) is 7.76. The monoisotopic (exact) mass is 590 g/mol. The molecule has 216 valence electrons. The Hall–Kier alpha value is -3.14. The Bertz CT molecular complexity index is 1400. The molecule has 0 bridgehead atoms. The van der Waals surface area contributed by atoms with Gasteiger partial charge in [-0.3, -0.25) is 4.79 Å². The van der Waals surface area contributed by atoms with E-state index in [0.29, 0.717) is 12.8 Å². The van der Waals surface area contributed by atoms with Gasteiger partial charge in [0.2, 0.25) is 5.91 Å². The van der Waals surface area contributed by atoms with Gasteiger partial charge in [-0.25, -0.2) is 12.8 Å². The molecule has 1 heterocycles. The molecule has 2 aromatic rings. The summed E-state index contributed by atoms with van der Waals surface area (Å²) >= 11 is 0. The number of hydrogen-bond donors (Lipinski definition) is 0. The first-order valence-corrected chi connectivity index (χ1v) is 14.0. The molecule has 0 spiro atoms. The molecule has 2 aliphatic rings. The summed E-state index contributed by atoms with van der Waals surface area (Å²) in [6.07, 6.45) is -8.98. The molecule has 0 radical (unpaired) electrons. The van der Waals surface area contributed by atoms with Crippen LogP contribution in [0, 0.1) is 17.2 Å². The summed E-state index contributed by atoms with van der Waals surface area (Å²) in [4.78, 5) is 14.3. The van der Waals surface area contributed by atoms with Gasteiger partial charge in [0.05, 0.1) is 16.5 Å². The number of rotatable bonds is 5. The number of amides is 1. The first-order valence-electron chi connectivity index (χ1n) is 12.6. The molecule has 2 aromatic carbocycles. The van der Waals surface area contributed by atoms with Crippen LogP contribution in [0.25, 0.3) is 0 Å². The third-order valence-electron chi connectivity index (χ3n) is 7.88. The molecule has 0 aromatic heterocycles. The predicted molar refractivity (Wildman–Crippen MR) is 129 cm³/mol. The maximum atomic E-state index is 14.6. The van der Waals surface area contributed by atoms with Crippen LogP contribution in [0.5, 0.6) is 0 Å². The third kappa shape index (κ3) is 4.84. The predicted octanol–water partition coefficient (Wildman–Crippen LogP) is 6.33. The van der Waals surface area contributed by atoms with E-state index in [1.807, 2.05) is 6.07 Å². The van der Waals surface area contributed by atoms with E-state index in [9.17, 15) is 49.2 Å². The fraction of sp³-hybridized carbons (Fsp3) is 0.481. The van der Waals surface area contributed by atoms with Crippen LogP contribution >= 0.6 is 0 Å². The lowest BCUT2D eigenvalue weighted by molar-refractivity contribution is -0.348. The summed E-state index contributed by atoms with van der Waals surface area (Å²) in [6, 6.07) is 8.88. The summed E-state index contributed by atoms with van der Waals surface area (Å²) in [6.45, 7) is -0.424. The van der Waals surface area contributed by atoms with Gasteiger partial charge < -0.3 is 4.90 Å². The van der Waals surface area contributed by atoms with Gasteiger partial charge in [-0.15, -0.1) is 0 Å². The van der Waals surface area contributed by atoms with Gasteiger partial charge in [-0.05, 0) is 43.0 Å². The Kier molecular flexibility index (Phi) is 7.73. The summed E-state index contributed by atoms with van der Waals surface area (Å²) in [5.74, 6) is -0.585. The maximum absolute atomic E-state index is 14.6. The zero-order chi connectivity index (χ0) is 29.6. The highest BCUT2D eigenvalue weighted by atomic mass is 32.2. The number of benzene rings is 2. The highest BCUT2D eigenvalue weighted by molar-refractivity contribution is 7.92. The average Bonchev–Trinajstić information content (AvgIpc) is 3.39. The van der Waals surface area contributed by atoms with Crippen molar-refractivity contribution in [1.82, 2.24) is 4.90 Å². The summed E-state index contributed by atoms with van der Waals surface area (Å²) in [5, 5.41) is 9.25. The van der Waals surface area contributed by atoms with Crippen LogP contribution in [-0.2, 0) is 25.0 Å². The second kappa shape index (κ2) is 10.4. The molecule has 1 saturated carbocycles. The summed E-state index contributed by atoms with van der Waals surface area (Å²) < 4.78 is 121. The Morgan fingerprint density at radius 3 is 2.08 bits per heavy atom. The molecule has 5 nitrogen and oxygen atoms in total. The van der Waals surface area contributed by atoms with Crippen LogP contribution in [0.15, 0.2) is 53.4 Å². The number of likely N-dealkylation sites (tertiary alicyclic amines) is 1. The lowest BCUT2D eigenvalue weighted by atomic mass is 9.88. The Morgan fingerprint density at radius 1 is 0.925 bits per heavy atom. The van der Waals surface area contributed by atoms with E-state index in [-0.39, 0.29) is 52.9 Å². The molecular weight excluding hydrogens is 565 g/mol. The molecule has 13 heteroatoms. The number of carbonyl (C=O) groups is 1. The quantitative estimate of drug-likeness (QED) is 0.382. The van der Waals surface area contributed by atoms with Crippen LogP contribution in [0.4, 0.5) is 30.7 Å². The number of nitrogens with zero attached hydrogens (tertiary/aromatic N) is 2. The van der Waals surface area contributed by atoms with Crippen molar-refractivity contribution < 1.29 is 43.9 Å². The summed E-state index contributed by atoms with van der Waals surface area (Å²) in [5.41, 5.74) is -7.60. The van der Waals surface area contributed by atoms with E-state index in [1.54, 1.807) is 0 Å². The van der Waals surface area contributed by atoms with Gasteiger partial charge in [0.1, 0.15) is 4.75 Å². The van der Waals surface area contributed by atoms with Crippen molar-refractivity contribution in [2.24, 2.45) is 5.92 Å². The minimum Gasteiger partial charge on any atom is -0.340 e. The molecule has 0 N–H and O–H groups in total. The average molecular weight is 591 g/mol. The number of alkyl halides is 7. The standard InChI is InChI=1S/C27H25F7N2O3S/c28-25(26(29,30)31,27(32,33)34)21-11-9-20(10-12-21)24(40(38,39)22-8-4-5-18(15-22)16-35)13-14-36(17-24)23(37)19-6-2-1-3-7-19/h4-5,8-12,15,19H,1-3,6-7,13-14,17H2. The third-order valence-corrected chi connectivity index (χ3v) is 10.3. The number of nitriles is 1. The van der Waals surface area contributed by atoms with Crippen molar-refractivity contribution in [2.75, 3.05) is 13.1 Å². The molecule has 40 heavy (non-hydrogen) atoms. The van der Waals surface area contributed by atoms with Gasteiger partial charge in [0.15, 0.2) is 9.84 Å². The highest BCUT2D eigenvalue weighted by Gasteiger charge is 2.73. The topological polar surface area (TPSA) is 78.2 Å². The molecule has 1 amide bonds. The minimum atomic E-state index is -6.33. The van der Waals surface area contributed by atoms with Crippen molar-refractivity contribution in [2.45, 2.75) is 66.2 Å². The van der Waals surface area contributed by atoms with E-state index < -0.39 is 44.7 Å². The zero-order valence-corrected chi connectivity index (χ0v) is 21.8. The number of sulfone groups is 1. The van der Waals surface area contributed by atoms with Gasteiger partial charge in [0, 0.05) is 24.6 Å². The Labute approximate surface area is 226 Å². The molecule has 1 unspecified atom stereocenters. The van der Waals surface area contributed by atoms with E-state index >= 15 is 0 Å². The fourth-order valence-electron chi connectivity index (χ4n) is 5.64. The minimum absolute atomic E-state index is 0.0114. The molecule has 4 rings (SSSR count). The van der Waals surface area contributed by atoms with Crippen LogP contribution in [-0.4, -0.2) is 44.7 Å². The SMILES string of the molecule is N#Cc1cccc(S(=O)(=O)C2(c3ccc(C(F)(C(F)(F)F)C(F)(F)F)cc3)CCN(C(=O)C3CCCCC3)C2)c1. The van der Waals surface area contributed by atoms with E-state index in [0.717, 1.165) is 37.5 Å². The molecular formula is C27H25F7N2O3S. The van der Waals surface area contributed by atoms with Crippen molar-refractivity contribution in [3.8, 4) is 6.07 Å². The lowest BCUT2D eigenvalue weighted by Gasteiger charge is -2.33.